The van der Waals surface area contributed by atoms with E-state index in [-0.39, 0.29) is 18.2 Å². The van der Waals surface area contributed by atoms with E-state index in [1.165, 1.54) is 11.8 Å². The fourth-order valence-corrected chi connectivity index (χ4v) is 3.34. The molecule has 2 rings (SSSR count). The standard InChI is InChI=1S/C16H15ClN2OS/c1-10(2)9-21-16-13(8-18)12(7-15(20)19-16)11-5-3-4-6-14(11)17/h3-6,12H,1,7,9H2,2H3,(H,19,20). The Balaban J connectivity index is 2.42. The van der Waals surface area contributed by atoms with Crippen molar-refractivity contribution < 1.29 is 4.79 Å². The van der Waals surface area contributed by atoms with Crippen LogP contribution in [-0.2, 0) is 4.79 Å². The zero-order valence-corrected chi connectivity index (χ0v) is 13.2. The average Bonchev–Trinajstić information content (AvgIpc) is 2.45. The van der Waals surface area contributed by atoms with E-state index in [0.717, 1.165) is 11.1 Å². The van der Waals surface area contributed by atoms with Gasteiger partial charge in [0.15, 0.2) is 0 Å². The van der Waals surface area contributed by atoms with Crippen molar-refractivity contribution in [3.05, 3.63) is 57.6 Å². The van der Waals surface area contributed by atoms with Gasteiger partial charge in [0, 0.05) is 23.1 Å². The molecule has 1 aromatic carbocycles. The molecule has 0 aliphatic carbocycles. The van der Waals surface area contributed by atoms with Crippen LogP contribution in [0.2, 0.25) is 5.02 Å². The highest BCUT2D eigenvalue weighted by molar-refractivity contribution is 8.03. The van der Waals surface area contributed by atoms with E-state index in [1.54, 1.807) is 6.07 Å². The van der Waals surface area contributed by atoms with E-state index < -0.39 is 0 Å². The lowest BCUT2D eigenvalue weighted by atomic mass is 9.87. The van der Waals surface area contributed by atoms with Crippen molar-refractivity contribution in [2.75, 3.05) is 5.75 Å². The minimum atomic E-state index is -0.287. The van der Waals surface area contributed by atoms with Crippen molar-refractivity contribution in [1.82, 2.24) is 5.32 Å². The summed E-state index contributed by atoms with van der Waals surface area (Å²) in [5.74, 6) is 0.281. The second kappa shape index (κ2) is 6.84. The molecule has 0 saturated carbocycles. The van der Waals surface area contributed by atoms with E-state index in [4.69, 9.17) is 11.6 Å². The van der Waals surface area contributed by atoms with Crippen LogP contribution in [0.5, 0.6) is 0 Å². The van der Waals surface area contributed by atoms with Crippen molar-refractivity contribution in [2.24, 2.45) is 0 Å². The van der Waals surface area contributed by atoms with Crippen LogP contribution < -0.4 is 5.32 Å². The third-order valence-electron chi connectivity index (χ3n) is 3.10. The number of hydrogen-bond acceptors (Lipinski definition) is 3. The van der Waals surface area contributed by atoms with Crippen molar-refractivity contribution in [3.63, 3.8) is 0 Å². The summed E-state index contributed by atoms with van der Waals surface area (Å²) >= 11 is 7.65. The molecule has 1 aliphatic rings. The van der Waals surface area contributed by atoms with Crippen LogP contribution in [0.25, 0.3) is 0 Å². The highest BCUT2D eigenvalue weighted by Crippen LogP contribution is 2.38. The molecule has 0 fully saturated rings. The number of allylic oxidation sites excluding steroid dienone is 1. The number of nitriles is 1. The summed E-state index contributed by atoms with van der Waals surface area (Å²) in [6.45, 7) is 5.75. The number of carbonyl (C=O) groups is 1. The van der Waals surface area contributed by atoms with Crippen LogP contribution in [0.1, 0.15) is 24.8 Å². The van der Waals surface area contributed by atoms with E-state index >= 15 is 0 Å². The van der Waals surface area contributed by atoms with Gasteiger partial charge < -0.3 is 5.32 Å². The van der Waals surface area contributed by atoms with E-state index in [9.17, 15) is 10.1 Å². The van der Waals surface area contributed by atoms with Gasteiger partial charge in [0.1, 0.15) is 0 Å². The van der Waals surface area contributed by atoms with Crippen molar-refractivity contribution in [1.29, 1.82) is 5.26 Å². The predicted octanol–water partition coefficient (Wildman–Crippen LogP) is 3.99. The Morgan fingerprint density at radius 3 is 2.90 bits per heavy atom. The quantitative estimate of drug-likeness (QED) is 0.854. The first-order chi connectivity index (χ1) is 10.0. The molecule has 108 valence electrons. The van der Waals surface area contributed by atoms with Gasteiger partial charge in [0.2, 0.25) is 5.91 Å². The fourth-order valence-electron chi connectivity index (χ4n) is 2.15. The summed E-state index contributed by atoms with van der Waals surface area (Å²) in [7, 11) is 0. The SMILES string of the molecule is C=C(C)CSC1=C(C#N)C(c2ccccc2Cl)CC(=O)N1. The monoisotopic (exact) mass is 318 g/mol. The Hall–Kier alpha value is -1.70. The molecule has 1 aliphatic heterocycles. The van der Waals surface area contributed by atoms with Gasteiger partial charge >= 0.3 is 0 Å². The molecule has 0 spiro atoms. The minimum Gasteiger partial charge on any atom is -0.320 e. The molecule has 21 heavy (non-hydrogen) atoms. The Morgan fingerprint density at radius 2 is 2.29 bits per heavy atom. The summed E-state index contributed by atoms with van der Waals surface area (Å²) in [4.78, 5) is 11.9. The summed E-state index contributed by atoms with van der Waals surface area (Å²) < 4.78 is 0. The van der Waals surface area contributed by atoms with Crippen molar-refractivity contribution in [2.45, 2.75) is 19.3 Å². The topological polar surface area (TPSA) is 52.9 Å². The van der Waals surface area contributed by atoms with E-state index in [1.807, 2.05) is 25.1 Å². The summed E-state index contributed by atoms with van der Waals surface area (Å²) in [6, 6.07) is 9.57. The first-order valence-corrected chi connectivity index (χ1v) is 7.85. The van der Waals surface area contributed by atoms with Gasteiger partial charge in [-0.25, -0.2) is 0 Å². The Kier molecular flexibility index (Phi) is 5.11. The van der Waals surface area contributed by atoms with Gasteiger partial charge in [-0.1, -0.05) is 42.0 Å². The van der Waals surface area contributed by atoms with Crippen LogP contribution in [0.3, 0.4) is 0 Å². The molecular formula is C16H15ClN2OS. The lowest BCUT2D eigenvalue weighted by Crippen LogP contribution is -2.31. The van der Waals surface area contributed by atoms with Gasteiger partial charge in [0.05, 0.1) is 16.7 Å². The minimum absolute atomic E-state index is 0.0943. The fraction of sp³-hybridized carbons (Fsp3) is 0.250. The Morgan fingerprint density at radius 1 is 1.57 bits per heavy atom. The maximum Gasteiger partial charge on any atom is 0.225 e. The number of benzene rings is 1. The zero-order valence-electron chi connectivity index (χ0n) is 11.6. The van der Waals surface area contributed by atoms with Crippen molar-refractivity contribution >= 4 is 29.3 Å². The van der Waals surface area contributed by atoms with Gasteiger partial charge in [-0.3, -0.25) is 4.79 Å². The second-order valence-corrected chi connectivity index (χ2v) is 6.32. The maximum atomic E-state index is 11.9. The number of amides is 1. The molecule has 3 nitrogen and oxygen atoms in total. The molecule has 0 radical (unpaired) electrons. The second-order valence-electron chi connectivity index (χ2n) is 4.93. The summed E-state index contributed by atoms with van der Waals surface area (Å²) in [6.07, 6.45) is 0.240. The molecule has 0 bridgehead atoms. The number of nitrogens with zero attached hydrogens (tertiary/aromatic N) is 1. The lowest BCUT2D eigenvalue weighted by Gasteiger charge is -2.25. The van der Waals surface area contributed by atoms with Crippen LogP contribution in [-0.4, -0.2) is 11.7 Å². The maximum absolute atomic E-state index is 11.9. The molecule has 0 saturated heterocycles. The first-order valence-electron chi connectivity index (χ1n) is 6.48. The number of halogens is 1. The number of hydrogen-bond donors (Lipinski definition) is 1. The van der Waals surface area contributed by atoms with Gasteiger partial charge in [-0.2, -0.15) is 5.26 Å². The molecule has 1 unspecified atom stereocenters. The van der Waals surface area contributed by atoms with Crippen LogP contribution in [0, 0.1) is 11.3 Å². The van der Waals surface area contributed by atoms with E-state index in [0.29, 0.717) is 21.4 Å². The Labute approximate surface area is 133 Å². The normalized spacial score (nSPS) is 18.1. The smallest absolute Gasteiger partial charge is 0.225 e. The molecule has 1 heterocycles. The average molecular weight is 319 g/mol. The van der Waals surface area contributed by atoms with Crippen LogP contribution >= 0.6 is 23.4 Å². The van der Waals surface area contributed by atoms with E-state index in [2.05, 4.69) is 18.0 Å². The predicted molar refractivity (Wildman–Crippen MR) is 86.9 cm³/mol. The van der Waals surface area contributed by atoms with Crippen LogP contribution in [0.15, 0.2) is 47.0 Å². The van der Waals surface area contributed by atoms with Crippen molar-refractivity contribution in [3.8, 4) is 6.07 Å². The highest BCUT2D eigenvalue weighted by Gasteiger charge is 2.30. The molecule has 1 N–H and O–H groups in total. The molecule has 0 aromatic heterocycles. The highest BCUT2D eigenvalue weighted by atomic mass is 35.5. The zero-order chi connectivity index (χ0) is 15.4. The molecule has 1 aromatic rings. The first kappa shape index (κ1) is 15.7. The number of carbonyl (C=O) groups excluding carboxylic acids is 1. The Bertz CT molecular complexity index is 660. The van der Waals surface area contributed by atoms with Gasteiger partial charge in [0.25, 0.3) is 0 Å². The van der Waals surface area contributed by atoms with Gasteiger partial charge in [-0.15, -0.1) is 11.8 Å². The largest absolute Gasteiger partial charge is 0.320 e. The van der Waals surface area contributed by atoms with Crippen LogP contribution in [0.4, 0.5) is 0 Å². The molecule has 1 atom stereocenters. The molecular weight excluding hydrogens is 304 g/mol. The summed E-state index contributed by atoms with van der Waals surface area (Å²) in [5.41, 5.74) is 2.37. The molecule has 1 amide bonds. The lowest BCUT2D eigenvalue weighted by molar-refractivity contribution is -0.120. The molecule has 5 heteroatoms. The van der Waals surface area contributed by atoms with Gasteiger partial charge in [-0.05, 0) is 18.6 Å². The third-order valence-corrected chi connectivity index (χ3v) is 4.69. The summed E-state index contributed by atoms with van der Waals surface area (Å²) in [5, 5.41) is 13.5. The number of nitrogens with one attached hydrogen (secondary N) is 1. The number of thioether (sulfide) groups is 1. The third kappa shape index (κ3) is 3.69. The number of rotatable bonds is 4.